The predicted octanol–water partition coefficient (Wildman–Crippen LogP) is 1.89. The molecule has 0 aliphatic carbocycles. The number of hydrogen-bond donors (Lipinski definition) is 0. The van der Waals surface area contributed by atoms with Crippen LogP contribution < -0.4 is 0 Å². The Balaban J connectivity index is 2.51. The van der Waals surface area contributed by atoms with E-state index < -0.39 is 29.6 Å². The fourth-order valence-corrected chi connectivity index (χ4v) is 1.46. The van der Waals surface area contributed by atoms with E-state index in [1.54, 1.807) is 0 Å². The van der Waals surface area contributed by atoms with Crippen LogP contribution in [0.1, 0.15) is 30.1 Å². The number of ketones is 1. The summed E-state index contributed by atoms with van der Waals surface area (Å²) in [6.07, 6.45) is -1.26. The first-order chi connectivity index (χ1) is 9.43. The van der Waals surface area contributed by atoms with Crippen molar-refractivity contribution in [1.82, 2.24) is 0 Å². The highest BCUT2D eigenvalue weighted by Crippen LogP contribution is 2.09. The minimum Gasteiger partial charge on any atom is -0.469 e. The van der Waals surface area contributed by atoms with Gasteiger partial charge in [-0.1, -0.05) is 0 Å². The van der Waals surface area contributed by atoms with Crippen molar-refractivity contribution in [2.45, 2.75) is 25.9 Å². The molecule has 0 aliphatic rings. The molecule has 0 saturated heterocycles. The number of benzene rings is 1. The van der Waals surface area contributed by atoms with Gasteiger partial charge in [0.25, 0.3) is 0 Å². The van der Waals surface area contributed by atoms with E-state index >= 15 is 0 Å². The Hall–Kier alpha value is -2.24. The Kier molecular flexibility index (Phi) is 5.83. The number of halogens is 1. The second-order valence-electron chi connectivity index (χ2n) is 4.08. The maximum absolute atomic E-state index is 12.7. The summed E-state index contributed by atoms with van der Waals surface area (Å²) in [5.74, 6) is -2.08. The molecule has 5 nitrogen and oxygen atoms in total. The number of ether oxygens (including phenoxy) is 2. The van der Waals surface area contributed by atoms with E-state index in [-0.39, 0.29) is 18.4 Å². The first-order valence-electron chi connectivity index (χ1n) is 6.00. The molecule has 0 aromatic heterocycles. The van der Waals surface area contributed by atoms with Gasteiger partial charge in [-0.2, -0.15) is 0 Å². The molecule has 0 aliphatic heterocycles. The normalized spacial score (nSPS) is 11.6. The van der Waals surface area contributed by atoms with Gasteiger partial charge in [-0.15, -0.1) is 0 Å². The lowest BCUT2D eigenvalue weighted by molar-refractivity contribution is -0.150. The van der Waals surface area contributed by atoms with Gasteiger partial charge in [0.05, 0.1) is 20.0 Å². The molecule has 0 fully saturated rings. The van der Waals surface area contributed by atoms with E-state index in [9.17, 15) is 18.8 Å². The number of hydrogen-bond acceptors (Lipinski definition) is 5. The molecule has 108 valence electrons. The third-order valence-corrected chi connectivity index (χ3v) is 2.57. The lowest BCUT2D eigenvalue weighted by Gasteiger charge is -2.12. The summed E-state index contributed by atoms with van der Waals surface area (Å²) in [5.41, 5.74) is 0.250. The van der Waals surface area contributed by atoms with E-state index in [0.29, 0.717) is 0 Å². The van der Waals surface area contributed by atoms with Crippen molar-refractivity contribution < 1.29 is 28.2 Å². The summed E-state index contributed by atoms with van der Waals surface area (Å²) in [5, 5.41) is 0. The van der Waals surface area contributed by atoms with Crippen molar-refractivity contribution in [3.63, 3.8) is 0 Å². The SMILES string of the molecule is COC(=O)CCC(=O)OC(C)C(=O)c1ccc(F)cc1. The van der Waals surface area contributed by atoms with Crippen LogP contribution in [0.15, 0.2) is 24.3 Å². The van der Waals surface area contributed by atoms with Gasteiger partial charge in [0.15, 0.2) is 6.10 Å². The van der Waals surface area contributed by atoms with Gasteiger partial charge in [0.2, 0.25) is 5.78 Å². The van der Waals surface area contributed by atoms with Gasteiger partial charge >= 0.3 is 11.9 Å². The summed E-state index contributed by atoms with van der Waals surface area (Å²) in [7, 11) is 1.22. The van der Waals surface area contributed by atoms with Crippen LogP contribution in [0, 0.1) is 5.82 Å². The van der Waals surface area contributed by atoms with Gasteiger partial charge in [0.1, 0.15) is 5.82 Å². The second-order valence-corrected chi connectivity index (χ2v) is 4.08. The van der Waals surface area contributed by atoms with Crippen LogP contribution in [0.4, 0.5) is 4.39 Å². The van der Waals surface area contributed by atoms with E-state index in [1.165, 1.54) is 26.2 Å². The summed E-state index contributed by atoms with van der Waals surface area (Å²) in [6, 6.07) is 4.94. The molecule has 1 atom stereocenters. The van der Waals surface area contributed by atoms with Gasteiger partial charge in [-0.25, -0.2) is 4.39 Å². The first kappa shape index (κ1) is 15.8. The Morgan fingerprint density at radius 2 is 1.65 bits per heavy atom. The standard InChI is InChI=1S/C14H15FO5/c1-9(20-13(17)8-7-12(16)19-2)14(18)10-3-5-11(15)6-4-10/h3-6,9H,7-8H2,1-2H3. The van der Waals surface area contributed by atoms with E-state index in [0.717, 1.165) is 12.1 Å². The topological polar surface area (TPSA) is 69.7 Å². The summed E-state index contributed by atoms with van der Waals surface area (Å²) in [6.45, 7) is 1.42. The van der Waals surface area contributed by atoms with Gasteiger partial charge in [-0.3, -0.25) is 14.4 Å². The lowest BCUT2D eigenvalue weighted by atomic mass is 10.1. The highest BCUT2D eigenvalue weighted by Gasteiger charge is 2.20. The minimum atomic E-state index is -0.995. The van der Waals surface area contributed by atoms with Crippen molar-refractivity contribution in [2.24, 2.45) is 0 Å². The average Bonchev–Trinajstić information content (AvgIpc) is 2.44. The number of methoxy groups -OCH3 is 1. The molecule has 0 saturated carbocycles. The largest absolute Gasteiger partial charge is 0.469 e. The van der Waals surface area contributed by atoms with Crippen molar-refractivity contribution in [3.8, 4) is 0 Å². The summed E-state index contributed by atoms with van der Waals surface area (Å²) < 4.78 is 22.0. The summed E-state index contributed by atoms with van der Waals surface area (Å²) >= 11 is 0. The van der Waals surface area contributed by atoms with Crippen LogP contribution in [0.25, 0.3) is 0 Å². The molecule has 1 aromatic rings. The third kappa shape index (κ3) is 4.79. The lowest BCUT2D eigenvalue weighted by Crippen LogP contribution is -2.24. The maximum Gasteiger partial charge on any atom is 0.307 e. The number of esters is 2. The monoisotopic (exact) mass is 282 g/mol. The quantitative estimate of drug-likeness (QED) is 0.588. The third-order valence-electron chi connectivity index (χ3n) is 2.57. The highest BCUT2D eigenvalue weighted by atomic mass is 19.1. The molecule has 6 heteroatoms. The molecule has 1 unspecified atom stereocenters. The highest BCUT2D eigenvalue weighted by molar-refractivity contribution is 6.00. The smallest absolute Gasteiger partial charge is 0.307 e. The second kappa shape index (κ2) is 7.37. The zero-order valence-electron chi connectivity index (χ0n) is 11.2. The van der Waals surface area contributed by atoms with Crippen molar-refractivity contribution in [3.05, 3.63) is 35.6 Å². The molecule has 0 bridgehead atoms. The molecular formula is C14H15FO5. The molecule has 0 radical (unpaired) electrons. The van der Waals surface area contributed by atoms with Crippen LogP contribution in [-0.2, 0) is 19.1 Å². The molecule has 1 aromatic carbocycles. The van der Waals surface area contributed by atoms with Gasteiger partial charge < -0.3 is 9.47 Å². The van der Waals surface area contributed by atoms with Crippen LogP contribution in [0.5, 0.6) is 0 Å². The van der Waals surface area contributed by atoms with Gasteiger partial charge in [0, 0.05) is 5.56 Å². The summed E-state index contributed by atoms with van der Waals surface area (Å²) in [4.78, 5) is 34.2. The molecule has 20 heavy (non-hydrogen) atoms. The molecule has 0 heterocycles. The fourth-order valence-electron chi connectivity index (χ4n) is 1.46. The Morgan fingerprint density at radius 3 is 2.20 bits per heavy atom. The number of rotatable bonds is 6. The van der Waals surface area contributed by atoms with Crippen molar-refractivity contribution >= 4 is 17.7 Å². The van der Waals surface area contributed by atoms with Gasteiger partial charge in [-0.05, 0) is 31.2 Å². The maximum atomic E-state index is 12.7. The molecular weight excluding hydrogens is 267 g/mol. The molecule has 0 amide bonds. The minimum absolute atomic E-state index is 0.104. The zero-order valence-corrected chi connectivity index (χ0v) is 11.2. The zero-order chi connectivity index (χ0) is 15.1. The average molecular weight is 282 g/mol. The fraction of sp³-hybridized carbons (Fsp3) is 0.357. The Labute approximate surface area is 115 Å². The first-order valence-corrected chi connectivity index (χ1v) is 6.00. The van der Waals surface area contributed by atoms with Crippen LogP contribution in [0.2, 0.25) is 0 Å². The number of carbonyl (C=O) groups excluding carboxylic acids is 3. The van der Waals surface area contributed by atoms with Crippen LogP contribution in [0.3, 0.4) is 0 Å². The molecule has 0 N–H and O–H groups in total. The molecule has 1 rings (SSSR count). The number of Topliss-reactive ketones (excluding diaryl/α,β-unsaturated/α-hetero) is 1. The van der Waals surface area contributed by atoms with Crippen molar-refractivity contribution in [2.75, 3.05) is 7.11 Å². The van der Waals surface area contributed by atoms with E-state index in [4.69, 9.17) is 4.74 Å². The molecule has 0 spiro atoms. The van der Waals surface area contributed by atoms with E-state index in [2.05, 4.69) is 4.74 Å². The van der Waals surface area contributed by atoms with E-state index in [1.807, 2.05) is 0 Å². The van der Waals surface area contributed by atoms with Crippen LogP contribution in [-0.4, -0.2) is 30.9 Å². The number of carbonyl (C=O) groups is 3. The van der Waals surface area contributed by atoms with Crippen LogP contribution >= 0.6 is 0 Å². The Morgan fingerprint density at radius 1 is 1.10 bits per heavy atom. The predicted molar refractivity (Wildman–Crippen MR) is 67.5 cm³/mol. The Bertz CT molecular complexity index is 495. The van der Waals surface area contributed by atoms with Crippen molar-refractivity contribution in [1.29, 1.82) is 0 Å².